The number of rotatable bonds is 6. The minimum absolute atomic E-state index is 0.197. The van der Waals surface area contributed by atoms with Crippen LogP contribution in [0.1, 0.15) is 18.1 Å². The van der Waals surface area contributed by atoms with Crippen molar-refractivity contribution in [2.75, 3.05) is 33.7 Å². The van der Waals surface area contributed by atoms with Gasteiger partial charge in [-0.15, -0.1) is 0 Å². The lowest BCUT2D eigenvalue weighted by molar-refractivity contribution is 0.254. The van der Waals surface area contributed by atoms with Gasteiger partial charge < -0.3 is 29.6 Å². The molecule has 7 nitrogen and oxygen atoms in total. The lowest BCUT2D eigenvalue weighted by atomic mass is 10.1. The first-order valence-corrected chi connectivity index (χ1v) is 9.14. The topological polar surface area (TPSA) is 73.3 Å². The van der Waals surface area contributed by atoms with Crippen LogP contribution >= 0.6 is 0 Å². The third-order valence-electron chi connectivity index (χ3n) is 4.62. The van der Waals surface area contributed by atoms with Gasteiger partial charge in [-0.05, 0) is 31.2 Å². The van der Waals surface area contributed by atoms with E-state index < -0.39 is 0 Å². The fraction of sp³-hybridized carbons (Fsp3) is 0.381. The van der Waals surface area contributed by atoms with E-state index in [-0.39, 0.29) is 6.10 Å². The molecule has 2 aromatic rings. The molecule has 0 saturated heterocycles. The molecule has 0 radical (unpaired) electrons. The van der Waals surface area contributed by atoms with Crippen LogP contribution < -0.4 is 29.6 Å². The van der Waals surface area contributed by atoms with E-state index in [4.69, 9.17) is 18.9 Å². The Morgan fingerprint density at radius 1 is 1.07 bits per heavy atom. The number of aliphatic imine (C=N–C) groups is 1. The average Bonchev–Trinajstić information content (AvgIpc) is 3.08. The summed E-state index contributed by atoms with van der Waals surface area (Å²) < 4.78 is 22.0. The van der Waals surface area contributed by atoms with Crippen molar-refractivity contribution < 1.29 is 18.9 Å². The van der Waals surface area contributed by atoms with Crippen LogP contribution in [0.15, 0.2) is 35.3 Å². The molecule has 0 fully saturated rings. The summed E-state index contributed by atoms with van der Waals surface area (Å²) in [4.78, 5) is 4.29. The maximum Gasteiger partial charge on any atom is 0.195 e. The van der Waals surface area contributed by atoms with Gasteiger partial charge in [-0.25, -0.2) is 0 Å². The molecule has 2 aromatic carbocycles. The van der Waals surface area contributed by atoms with Crippen molar-refractivity contribution in [3.05, 3.63) is 41.5 Å². The van der Waals surface area contributed by atoms with E-state index >= 15 is 0 Å². The van der Waals surface area contributed by atoms with Crippen molar-refractivity contribution in [3.63, 3.8) is 0 Å². The third kappa shape index (κ3) is 4.24. The first kappa shape index (κ1) is 19.7. The van der Waals surface area contributed by atoms with Gasteiger partial charge in [-0.2, -0.15) is 0 Å². The largest absolute Gasteiger partial charge is 0.496 e. The minimum Gasteiger partial charge on any atom is -0.496 e. The number of methoxy groups -OCH3 is 3. The van der Waals surface area contributed by atoms with Crippen molar-refractivity contribution in [1.29, 1.82) is 0 Å². The first-order valence-electron chi connectivity index (χ1n) is 9.14. The fourth-order valence-electron chi connectivity index (χ4n) is 3.22. The Morgan fingerprint density at radius 3 is 2.50 bits per heavy atom. The zero-order chi connectivity index (χ0) is 20.1. The molecule has 1 unspecified atom stereocenters. The molecule has 0 spiro atoms. The summed E-state index contributed by atoms with van der Waals surface area (Å²) in [6.45, 7) is 2.61. The Morgan fingerprint density at radius 2 is 1.82 bits per heavy atom. The molecular weight excluding hydrogens is 358 g/mol. The fourth-order valence-corrected chi connectivity index (χ4v) is 3.22. The number of anilines is 1. The second kappa shape index (κ2) is 8.73. The molecule has 0 aliphatic carbocycles. The molecule has 1 aliphatic heterocycles. The molecule has 7 heteroatoms. The normalized spacial score (nSPS) is 15.5. The third-order valence-corrected chi connectivity index (χ3v) is 4.62. The maximum absolute atomic E-state index is 5.87. The standard InChI is InChI=1S/C21H27N3O4/c1-13-8-14-9-18(26-4)15(10-19(14)28-13)12-23-21(22-2)24-16-6-7-17(25-3)20(11-16)27-5/h6-7,9-11,13H,8,12H2,1-5H3,(H2,22,23,24). The van der Waals surface area contributed by atoms with E-state index in [2.05, 4.69) is 28.6 Å². The van der Waals surface area contributed by atoms with Crippen molar-refractivity contribution in [1.82, 2.24) is 5.32 Å². The SMILES string of the molecule is CN=C(NCc1cc2c(cc1OC)CC(C)O2)Nc1ccc(OC)c(OC)c1. The van der Waals surface area contributed by atoms with Gasteiger partial charge in [0.15, 0.2) is 17.5 Å². The second-order valence-corrected chi connectivity index (χ2v) is 6.52. The molecule has 0 amide bonds. The molecule has 0 bridgehead atoms. The van der Waals surface area contributed by atoms with Gasteiger partial charge in [0.1, 0.15) is 17.6 Å². The highest BCUT2D eigenvalue weighted by Crippen LogP contribution is 2.35. The summed E-state index contributed by atoms with van der Waals surface area (Å²) >= 11 is 0. The van der Waals surface area contributed by atoms with E-state index in [1.54, 1.807) is 28.4 Å². The van der Waals surface area contributed by atoms with Gasteiger partial charge in [0, 0.05) is 42.9 Å². The van der Waals surface area contributed by atoms with Crippen LogP contribution in [0.2, 0.25) is 0 Å². The van der Waals surface area contributed by atoms with Crippen LogP contribution in [-0.4, -0.2) is 40.4 Å². The Labute approximate surface area is 165 Å². The van der Waals surface area contributed by atoms with E-state index in [1.807, 2.05) is 24.3 Å². The number of fused-ring (bicyclic) bond motifs is 1. The number of nitrogens with one attached hydrogen (secondary N) is 2. The van der Waals surface area contributed by atoms with Crippen molar-refractivity contribution in [2.45, 2.75) is 26.0 Å². The van der Waals surface area contributed by atoms with E-state index in [9.17, 15) is 0 Å². The minimum atomic E-state index is 0.197. The predicted molar refractivity (Wildman–Crippen MR) is 110 cm³/mol. The van der Waals surface area contributed by atoms with Crippen LogP contribution in [0.4, 0.5) is 5.69 Å². The number of nitrogens with zero attached hydrogens (tertiary/aromatic N) is 1. The summed E-state index contributed by atoms with van der Waals surface area (Å²) in [5.74, 6) is 3.71. The van der Waals surface area contributed by atoms with Gasteiger partial charge in [0.05, 0.1) is 21.3 Å². The Kier molecular flexibility index (Phi) is 6.13. The van der Waals surface area contributed by atoms with E-state index in [0.717, 1.165) is 29.2 Å². The van der Waals surface area contributed by atoms with Gasteiger partial charge in [-0.1, -0.05) is 0 Å². The molecule has 150 valence electrons. The summed E-state index contributed by atoms with van der Waals surface area (Å²) in [5, 5.41) is 6.56. The van der Waals surface area contributed by atoms with Crippen LogP contribution in [0.25, 0.3) is 0 Å². The quantitative estimate of drug-likeness (QED) is 0.588. The maximum atomic E-state index is 5.87. The molecular formula is C21H27N3O4. The van der Waals surface area contributed by atoms with Gasteiger partial charge in [0.25, 0.3) is 0 Å². The highest BCUT2D eigenvalue weighted by Gasteiger charge is 2.21. The number of hydrogen-bond acceptors (Lipinski definition) is 5. The highest BCUT2D eigenvalue weighted by atomic mass is 16.5. The molecule has 1 atom stereocenters. The van der Waals surface area contributed by atoms with E-state index in [1.165, 1.54) is 5.56 Å². The van der Waals surface area contributed by atoms with Crippen LogP contribution in [0, 0.1) is 0 Å². The summed E-state index contributed by atoms with van der Waals surface area (Å²) in [6.07, 6.45) is 1.10. The van der Waals surface area contributed by atoms with Gasteiger partial charge in [-0.3, -0.25) is 4.99 Å². The van der Waals surface area contributed by atoms with Gasteiger partial charge in [0.2, 0.25) is 0 Å². The summed E-state index contributed by atoms with van der Waals surface area (Å²) in [7, 11) is 6.62. The number of ether oxygens (including phenoxy) is 4. The molecule has 28 heavy (non-hydrogen) atoms. The second-order valence-electron chi connectivity index (χ2n) is 6.52. The Balaban J connectivity index is 1.70. The lowest BCUT2D eigenvalue weighted by Gasteiger charge is -2.16. The number of guanidine groups is 1. The zero-order valence-corrected chi connectivity index (χ0v) is 17.0. The molecule has 1 heterocycles. The lowest BCUT2D eigenvalue weighted by Crippen LogP contribution is -2.30. The average molecular weight is 385 g/mol. The van der Waals surface area contributed by atoms with Crippen LogP contribution in [-0.2, 0) is 13.0 Å². The predicted octanol–water partition coefficient (Wildman–Crippen LogP) is 3.22. The van der Waals surface area contributed by atoms with E-state index in [0.29, 0.717) is 24.0 Å². The Hall–Kier alpha value is -3.09. The highest BCUT2D eigenvalue weighted by molar-refractivity contribution is 5.93. The summed E-state index contributed by atoms with van der Waals surface area (Å²) in [5.41, 5.74) is 3.02. The molecule has 2 N–H and O–H groups in total. The molecule has 0 saturated carbocycles. The molecule has 0 aromatic heterocycles. The van der Waals surface area contributed by atoms with Gasteiger partial charge >= 0.3 is 0 Å². The smallest absolute Gasteiger partial charge is 0.195 e. The molecule has 3 rings (SSSR count). The van der Waals surface area contributed by atoms with Crippen molar-refractivity contribution >= 4 is 11.6 Å². The van der Waals surface area contributed by atoms with Crippen LogP contribution in [0.5, 0.6) is 23.0 Å². The van der Waals surface area contributed by atoms with Crippen molar-refractivity contribution in [3.8, 4) is 23.0 Å². The first-order chi connectivity index (χ1) is 13.6. The number of benzene rings is 2. The van der Waals surface area contributed by atoms with Crippen molar-refractivity contribution in [2.24, 2.45) is 4.99 Å². The van der Waals surface area contributed by atoms with Crippen LogP contribution in [0.3, 0.4) is 0 Å². The molecule has 1 aliphatic rings. The number of hydrogen-bond donors (Lipinski definition) is 2. The zero-order valence-electron chi connectivity index (χ0n) is 17.0. The Bertz CT molecular complexity index is 867. The monoisotopic (exact) mass is 385 g/mol. The summed E-state index contributed by atoms with van der Waals surface area (Å²) in [6, 6.07) is 9.70.